The second-order valence-corrected chi connectivity index (χ2v) is 8.33. The van der Waals surface area contributed by atoms with Gasteiger partial charge in [-0.25, -0.2) is 14.4 Å². The standard InChI is InChI=1S/C28H26O10/c1-34-28-23(36-25(31)18-13-7-3-8-14-18)21(35-24(30)17-11-5-2-6-12-17)20(29)22(37-28)27(33)38-26(32)19-15-9-4-10-16-19/h2-16,20-23,27-29,33H,1H3/t20-,21-,22-,23-,27-,28-/m0/s1. The molecule has 3 aromatic carbocycles. The van der Waals surface area contributed by atoms with E-state index in [1.54, 1.807) is 54.6 Å². The molecule has 0 amide bonds. The molecule has 0 unspecified atom stereocenters. The topological polar surface area (TPSA) is 138 Å². The van der Waals surface area contributed by atoms with Crippen molar-refractivity contribution < 1.29 is 48.3 Å². The Morgan fingerprint density at radius 3 is 1.58 bits per heavy atom. The average Bonchev–Trinajstić information content (AvgIpc) is 2.96. The normalized spacial score (nSPS) is 23.6. The molecule has 0 saturated carbocycles. The number of aliphatic hydroxyl groups excluding tert-OH is 2. The third-order valence-corrected chi connectivity index (χ3v) is 5.81. The lowest BCUT2D eigenvalue weighted by atomic mass is 9.97. The van der Waals surface area contributed by atoms with Crippen LogP contribution in [0.25, 0.3) is 0 Å². The monoisotopic (exact) mass is 522 g/mol. The summed E-state index contributed by atoms with van der Waals surface area (Å²) in [6, 6.07) is 23.9. The van der Waals surface area contributed by atoms with Gasteiger partial charge in [-0.3, -0.25) is 0 Å². The molecule has 0 spiro atoms. The molecule has 38 heavy (non-hydrogen) atoms. The first-order chi connectivity index (χ1) is 18.4. The lowest BCUT2D eigenvalue weighted by Gasteiger charge is -2.43. The molecule has 0 aliphatic carbocycles. The van der Waals surface area contributed by atoms with Crippen molar-refractivity contribution in [2.75, 3.05) is 7.11 Å². The predicted molar refractivity (Wildman–Crippen MR) is 131 cm³/mol. The van der Waals surface area contributed by atoms with Crippen molar-refractivity contribution in [1.82, 2.24) is 0 Å². The first-order valence-electron chi connectivity index (χ1n) is 11.7. The van der Waals surface area contributed by atoms with E-state index >= 15 is 0 Å². The van der Waals surface area contributed by atoms with E-state index in [1.165, 1.54) is 43.5 Å². The van der Waals surface area contributed by atoms with Gasteiger partial charge in [0.2, 0.25) is 6.29 Å². The fraction of sp³-hybridized carbons (Fsp3) is 0.250. The SMILES string of the molecule is CO[C@H]1O[C@H]([C@@H](O)OC(=O)c2ccccc2)[C@@H](O)[C@H](OC(=O)c2ccccc2)[C@@H]1OC(=O)c1ccccc1. The smallest absolute Gasteiger partial charge is 0.340 e. The van der Waals surface area contributed by atoms with E-state index in [1.807, 2.05) is 0 Å². The molecule has 198 valence electrons. The third-order valence-electron chi connectivity index (χ3n) is 5.81. The molecule has 1 aliphatic rings. The van der Waals surface area contributed by atoms with Crippen molar-refractivity contribution in [2.24, 2.45) is 0 Å². The number of esters is 3. The zero-order valence-electron chi connectivity index (χ0n) is 20.3. The molecule has 1 fully saturated rings. The Hall–Kier alpha value is -4.09. The van der Waals surface area contributed by atoms with Crippen LogP contribution in [0, 0.1) is 0 Å². The van der Waals surface area contributed by atoms with Crippen molar-refractivity contribution in [3.8, 4) is 0 Å². The second kappa shape index (κ2) is 12.4. The van der Waals surface area contributed by atoms with Gasteiger partial charge < -0.3 is 33.9 Å². The molecule has 0 bridgehead atoms. The van der Waals surface area contributed by atoms with Crippen LogP contribution in [0.5, 0.6) is 0 Å². The Morgan fingerprint density at radius 2 is 1.13 bits per heavy atom. The molecule has 6 atom stereocenters. The van der Waals surface area contributed by atoms with Gasteiger partial charge in [-0.15, -0.1) is 0 Å². The molecule has 10 heteroatoms. The molecule has 2 N–H and O–H groups in total. The van der Waals surface area contributed by atoms with Crippen LogP contribution >= 0.6 is 0 Å². The second-order valence-electron chi connectivity index (χ2n) is 8.33. The number of hydrogen-bond donors (Lipinski definition) is 2. The van der Waals surface area contributed by atoms with Gasteiger partial charge in [0.15, 0.2) is 24.6 Å². The van der Waals surface area contributed by atoms with E-state index in [9.17, 15) is 24.6 Å². The van der Waals surface area contributed by atoms with Crippen molar-refractivity contribution >= 4 is 17.9 Å². The fourth-order valence-corrected chi connectivity index (χ4v) is 3.88. The van der Waals surface area contributed by atoms with Crippen LogP contribution in [0.15, 0.2) is 91.0 Å². The summed E-state index contributed by atoms with van der Waals surface area (Å²) in [5.74, 6) is -2.50. The fourth-order valence-electron chi connectivity index (χ4n) is 3.88. The predicted octanol–water partition coefficient (Wildman–Crippen LogP) is 2.35. The first kappa shape index (κ1) is 27.0. The highest BCUT2D eigenvalue weighted by Crippen LogP contribution is 2.30. The van der Waals surface area contributed by atoms with Crippen molar-refractivity contribution in [2.45, 2.75) is 37.0 Å². The molecule has 1 heterocycles. The van der Waals surface area contributed by atoms with Gasteiger partial charge in [-0.05, 0) is 36.4 Å². The van der Waals surface area contributed by atoms with Gasteiger partial charge in [-0.1, -0.05) is 54.6 Å². The summed E-state index contributed by atoms with van der Waals surface area (Å²) >= 11 is 0. The van der Waals surface area contributed by atoms with Gasteiger partial charge >= 0.3 is 17.9 Å². The molecular formula is C28H26O10. The molecule has 4 rings (SSSR count). The molecule has 0 radical (unpaired) electrons. The van der Waals surface area contributed by atoms with E-state index in [0.717, 1.165) is 0 Å². The number of methoxy groups -OCH3 is 1. The zero-order valence-corrected chi connectivity index (χ0v) is 20.3. The van der Waals surface area contributed by atoms with E-state index in [0.29, 0.717) is 0 Å². The summed E-state index contributed by atoms with van der Waals surface area (Å²) in [6.07, 6.45) is -9.81. The molecule has 1 aliphatic heterocycles. The lowest BCUT2D eigenvalue weighted by Crippen LogP contribution is -2.63. The third kappa shape index (κ3) is 6.24. The number of rotatable bonds is 8. The lowest BCUT2D eigenvalue weighted by molar-refractivity contribution is -0.320. The summed E-state index contributed by atoms with van der Waals surface area (Å²) in [5.41, 5.74) is 0.520. The number of carbonyl (C=O) groups is 3. The van der Waals surface area contributed by atoms with Gasteiger partial charge in [0, 0.05) is 7.11 Å². The van der Waals surface area contributed by atoms with E-state index in [-0.39, 0.29) is 16.7 Å². The molecule has 10 nitrogen and oxygen atoms in total. The maximum absolute atomic E-state index is 12.9. The quantitative estimate of drug-likeness (QED) is 0.258. The van der Waals surface area contributed by atoms with Crippen LogP contribution in [0.2, 0.25) is 0 Å². The van der Waals surface area contributed by atoms with Crippen LogP contribution in [0.1, 0.15) is 31.1 Å². The maximum atomic E-state index is 12.9. The first-order valence-corrected chi connectivity index (χ1v) is 11.7. The Morgan fingerprint density at radius 1 is 0.711 bits per heavy atom. The van der Waals surface area contributed by atoms with Crippen LogP contribution in [-0.2, 0) is 23.7 Å². The number of carbonyl (C=O) groups excluding carboxylic acids is 3. The van der Waals surface area contributed by atoms with Crippen LogP contribution in [-0.4, -0.2) is 72.2 Å². The average molecular weight is 523 g/mol. The summed E-state index contributed by atoms with van der Waals surface area (Å²) < 4.78 is 27.2. The van der Waals surface area contributed by atoms with Crippen molar-refractivity contribution in [3.05, 3.63) is 108 Å². The highest BCUT2D eigenvalue weighted by molar-refractivity contribution is 5.90. The summed E-state index contributed by atoms with van der Waals surface area (Å²) in [4.78, 5) is 38.2. The van der Waals surface area contributed by atoms with E-state index in [2.05, 4.69) is 0 Å². The molecule has 3 aromatic rings. The van der Waals surface area contributed by atoms with Crippen molar-refractivity contribution in [1.29, 1.82) is 0 Å². The number of ether oxygens (including phenoxy) is 5. The van der Waals surface area contributed by atoms with Crippen molar-refractivity contribution in [3.63, 3.8) is 0 Å². The molecule has 1 saturated heterocycles. The summed E-state index contributed by atoms with van der Waals surface area (Å²) in [5, 5.41) is 21.8. The van der Waals surface area contributed by atoms with E-state index in [4.69, 9.17) is 23.7 Å². The van der Waals surface area contributed by atoms with Gasteiger partial charge in [0.25, 0.3) is 0 Å². The largest absolute Gasteiger partial charge is 0.452 e. The van der Waals surface area contributed by atoms with E-state index < -0.39 is 54.9 Å². The highest BCUT2D eigenvalue weighted by atomic mass is 16.7. The van der Waals surface area contributed by atoms with Gasteiger partial charge in [0.05, 0.1) is 16.7 Å². The van der Waals surface area contributed by atoms with Crippen LogP contribution < -0.4 is 0 Å². The highest BCUT2D eigenvalue weighted by Gasteiger charge is 2.53. The molecular weight excluding hydrogens is 496 g/mol. The van der Waals surface area contributed by atoms with Gasteiger partial charge in [-0.2, -0.15) is 0 Å². The maximum Gasteiger partial charge on any atom is 0.340 e. The van der Waals surface area contributed by atoms with Crippen LogP contribution in [0.3, 0.4) is 0 Å². The Labute approximate surface area is 218 Å². The Balaban J connectivity index is 1.59. The Bertz CT molecular complexity index is 1220. The number of benzene rings is 3. The minimum absolute atomic E-state index is 0.155. The minimum atomic E-state index is -1.99. The Kier molecular flexibility index (Phi) is 8.82. The number of aliphatic hydroxyl groups is 2. The summed E-state index contributed by atoms with van der Waals surface area (Å²) in [6.45, 7) is 0. The minimum Gasteiger partial charge on any atom is -0.452 e. The van der Waals surface area contributed by atoms with Crippen LogP contribution in [0.4, 0.5) is 0 Å². The zero-order chi connectivity index (χ0) is 27.1. The number of hydrogen-bond acceptors (Lipinski definition) is 10. The molecule has 0 aromatic heterocycles. The summed E-state index contributed by atoms with van der Waals surface area (Å²) in [7, 11) is 1.24. The van der Waals surface area contributed by atoms with Gasteiger partial charge in [0.1, 0.15) is 6.10 Å².